The minimum absolute atomic E-state index is 0.0394. The molecule has 0 aliphatic heterocycles. The van der Waals surface area contributed by atoms with Crippen LogP contribution in [0, 0.1) is 6.92 Å². The van der Waals surface area contributed by atoms with Crippen molar-refractivity contribution in [2.24, 2.45) is 5.10 Å². The summed E-state index contributed by atoms with van der Waals surface area (Å²) in [6.07, 6.45) is 5.08. The van der Waals surface area contributed by atoms with Gasteiger partial charge < -0.3 is 5.73 Å². The van der Waals surface area contributed by atoms with Crippen LogP contribution in [0.4, 0.5) is 5.82 Å². The molecule has 2 aromatic carbocycles. The zero-order valence-corrected chi connectivity index (χ0v) is 18.4. The van der Waals surface area contributed by atoms with Gasteiger partial charge in [0.05, 0.1) is 5.69 Å². The van der Waals surface area contributed by atoms with Gasteiger partial charge in [-0.25, -0.2) is 10.1 Å². The molecule has 0 saturated heterocycles. The van der Waals surface area contributed by atoms with E-state index in [0.717, 1.165) is 16.0 Å². The Hall–Kier alpha value is -4.25. The number of carbonyl (C=O) groups excluding carboxylic acids is 1. The quantitative estimate of drug-likeness (QED) is 0.232. The summed E-state index contributed by atoms with van der Waals surface area (Å²) in [5.41, 5.74) is 11.0. The van der Waals surface area contributed by atoms with Crippen LogP contribution in [0.25, 0.3) is 11.9 Å². The highest BCUT2D eigenvalue weighted by atomic mass is 32.2. The van der Waals surface area contributed by atoms with Crippen LogP contribution in [-0.4, -0.2) is 37.4 Å². The normalized spacial score (nSPS) is 11.4. The number of benzene rings is 2. The molecule has 11 heteroatoms. The minimum atomic E-state index is -0.514. The van der Waals surface area contributed by atoms with E-state index >= 15 is 0 Å². The lowest BCUT2D eigenvalue weighted by molar-refractivity contribution is 0.0949. The summed E-state index contributed by atoms with van der Waals surface area (Å²) < 4.78 is 6.02. The molecule has 0 saturated carbocycles. The predicted octanol–water partition coefficient (Wildman–Crippen LogP) is 3.26. The lowest BCUT2D eigenvalue weighted by atomic mass is 10.2. The molecular weight excluding hydrogens is 440 g/mol. The molecule has 0 fully saturated rings. The highest BCUT2D eigenvalue weighted by Gasteiger charge is 2.23. The number of rotatable bonds is 8. The zero-order chi connectivity index (χ0) is 23.0. The number of nitrogens with zero attached hydrogens (tertiary/aromatic N) is 6. The van der Waals surface area contributed by atoms with Crippen molar-refractivity contribution >= 4 is 35.8 Å². The van der Waals surface area contributed by atoms with Crippen molar-refractivity contribution in [3.8, 4) is 5.82 Å². The Labute approximate surface area is 193 Å². The first-order valence-electron chi connectivity index (χ1n) is 9.89. The maximum atomic E-state index is 12.8. The fraction of sp³-hybridized carbons (Fsp3) is 0.0909. The van der Waals surface area contributed by atoms with Crippen LogP contribution in [0.5, 0.6) is 0 Å². The number of nitrogens with two attached hydrogens (primary N) is 1. The predicted molar refractivity (Wildman–Crippen MR) is 126 cm³/mol. The lowest BCUT2D eigenvalue weighted by Gasteiger charge is -2.06. The molecule has 0 aliphatic rings. The van der Waals surface area contributed by atoms with E-state index in [0.29, 0.717) is 11.4 Å². The molecule has 0 radical (unpaired) electrons. The molecular formula is C22H20N8O2S. The summed E-state index contributed by atoms with van der Waals surface area (Å²) in [6, 6.07) is 17.8. The average molecular weight is 461 g/mol. The number of amides is 1. The molecule has 33 heavy (non-hydrogen) atoms. The monoisotopic (exact) mass is 460 g/mol. The smallest absolute Gasteiger partial charge is 0.293 e. The summed E-state index contributed by atoms with van der Waals surface area (Å²) in [5, 5.41) is 19.4. The van der Waals surface area contributed by atoms with Crippen LogP contribution in [0.15, 0.2) is 75.3 Å². The van der Waals surface area contributed by atoms with E-state index in [-0.39, 0.29) is 17.3 Å². The first-order valence-corrected chi connectivity index (χ1v) is 10.9. The Bertz CT molecular complexity index is 1280. The van der Waals surface area contributed by atoms with E-state index < -0.39 is 5.91 Å². The number of carbonyl (C=O) groups is 1. The van der Waals surface area contributed by atoms with Gasteiger partial charge in [-0.1, -0.05) is 59.3 Å². The number of aryl methyl sites for hydroxylation is 1. The minimum Gasteiger partial charge on any atom is -0.378 e. The summed E-state index contributed by atoms with van der Waals surface area (Å²) in [6.45, 7) is 2.02. The van der Waals surface area contributed by atoms with Gasteiger partial charge >= 0.3 is 0 Å². The molecule has 1 amide bonds. The van der Waals surface area contributed by atoms with E-state index in [2.05, 4.69) is 35.8 Å². The first-order chi connectivity index (χ1) is 16.1. The first kappa shape index (κ1) is 22.0. The fourth-order valence-electron chi connectivity index (χ4n) is 2.81. The number of hydrogen-bond acceptors (Lipinski definition) is 9. The van der Waals surface area contributed by atoms with Crippen molar-refractivity contribution in [2.45, 2.75) is 17.6 Å². The van der Waals surface area contributed by atoms with Crippen molar-refractivity contribution in [3.63, 3.8) is 0 Å². The molecule has 166 valence electrons. The fourth-order valence-corrected chi connectivity index (χ4v) is 3.70. The van der Waals surface area contributed by atoms with Gasteiger partial charge in [0.2, 0.25) is 11.6 Å². The van der Waals surface area contributed by atoms with E-state index in [1.54, 1.807) is 6.08 Å². The molecule has 0 bridgehead atoms. The van der Waals surface area contributed by atoms with E-state index in [1.165, 1.54) is 22.7 Å². The Morgan fingerprint density at radius 2 is 1.97 bits per heavy atom. The van der Waals surface area contributed by atoms with Crippen LogP contribution in [-0.2, 0) is 5.75 Å². The van der Waals surface area contributed by atoms with Gasteiger partial charge in [0, 0.05) is 16.9 Å². The molecule has 0 aliphatic carbocycles. The second kappa shape index (κ2) is 10.4. The number of nitrogen functional groups attached to an aromatic ring is 1. The van der Waals surface area contributed by atoms with Crippen LogP contribution in [0.3, 0.4) is 0 Å². The Kier molecular flexibility index (Phi) is 6.90. The van der Waals surface area contributed by atoms with Crippen LogP contribution in [0.2, 0.25) is 0 Å². The Balaban J connectivity index is 1.51. The van der Waals surface area contributed by atoms with Crippen LogP contribution >= 0.6 is 11.8 Å². The highest BCUT2D eigenvalue weighted by Crippen LogP contribution is 2.26. The summed E-state index contributed by atoms with van der Waals surface area (Å²) >= 11 is 1.52. The second-order valence-electron chi connectivity index (χ2n) is 6.86. The van der Waals surface area contributed by atoms with E-state index in [1.807, 2.05) is 67.6 Å². The molecule has 3 N–H and O–H groups in total. The van der Waals surface area contributed by atoms with Crippen molar-refractivity contribution in [1.82, 2.24) is 30.7 Å². The zero-order valence-electron chi connectivity index (χ0n) is 17.6. The van der Waals surface area contributed by atoms with E-state index in [4.69, 9.17) is 5.73 Å². The summed E-state index contributed by atoms with van der Waals surface area (Å²) in [5.74, 6) is 0.0657. The van der Waals surface area contributed by atoms with Gasteiger partial charge in [-0.2, -0.15) is 9.78 Å². The molecule has 2 aromatic heterocycles. The standard InChI is InChI=1S/C22H20N8O2S/c1-15-9-11-17(12-10-15)33-14-18-19(25-29-30(18)21-20(23)27-32-28-21)22(31)26-24-13-5-8-16-6-3-2-4-7-16/h2-13H,14H2,1H3,(H2,23,27)(H,26,31). The SMILES string of the molecule is Cc1ccc(SCc2c(C(=O)NN=CC=Cc3ccccc3)nnn2-c2nonc2N)cc1. The Morgan fingerprint density at radius 3 is 2.70 bits per heavy atom. The summed E-state index contributed by atoms with van der Waals surface area (Å²) in [4.78, 5) is 13.8. The number of thioether (sulfide) groups is 1. The Morgan fingerprint density at radius 1 is 1.18 bits per heavy atom. The number of aromatic nitrogens is 5. The van der Waals surface area contributed by atoms with Crippen molar-refractivity contribution in [1.29, 1.82) is 0 Å². The van der Waals surface area contributed by atoms with Gasteiger partial charge in [-0.3, -0.25) is 4.79 Å². The third-order valence-electron chi connectivity index (χ3n) is 4.49. The largest absolute Gasteiger partial charge is 0.378 e. The topological polar surface area (TPSA) is 137 Å². The van der Waals surface area contributed by atoms with Crippen LogP contribution < -0.4 is 11.2 Å². The van der Waals surface area contributed by atoms with Crippen molar-refractivity contribution < 1.29 is 9.42 Å². The van der Waals surface area contributed by atoms with Crippen molar-refractivity contribution in [3.05, 3.63) is 83.2 Å². The van der Waals surface area contributed by atoms with Gasteiger partial charge in [-0.05, 0) is 41.0 Å². The number of anilines is 1. The number of allylic oxidation sites excluding steroid dienone is 1. The molecule has 10 nitrogen and oxygen atoms in total. The summed E-state index contributed by atoms with van der Waals surface area (Å²) in [7, 11) is 0. The van der Waals surface area contributed by atoms with Crippen molar-refractivity contribution in [2.75, 3.05) is 5.73 Å². The lowest BCUT2D eigenvalue weighted by Crippen LogP contribution is -2.20. The maximum Gasteiger partial charge on any atom is 0.293 e. The van der Waals surface area contributed by atoms with Gasteiger partial charge in [0.15, 0.2) is 5.69 Å². The third-order valence-corrected chi connectivity index (χ3v) is 5.51. The highest BCUT2D eigenvalue weighted by molar-refractivity contribution is 7.98. The molecule has 0 unspecified atom stereocenters. The van der Waals surface area contributed by atoms with E-state index in [9.17, 15) is 4.79 Å². The third kappa shape index (κ3) is 5.52. The van der Waals surface area contributed by atoms with Crippen LogP contribution in [0.1, 0.15) is 27.3 Å². The van der Waals surface area contributed by atoms with Gasteiger partial charge in [-0.15, -0.1) is 16.9 Å². The number of hydrazone groups is 1. The molecule has 4 rings (SSSR count). The molecule has 4 aromatic rings. The molecule has 2 heterocycles. The second-order valence-corrected chi connectivity index (χ2v) is 7.91. The number of nitrogens with one attached hydrogen (secondary N) is 1. The molecule has 0 spiro atoms. The number of hydrogen-bond donors (Lipinski definition) is 2. The average Bonchev–Trinajstić information content (AvgIpc) is 3.44. The van der Waals surface area contributed by atoms with Gasteiger partial charge in [0.25, 0.3) is 5.91 Å². The van der Waals surface area contributed by atoms with Gasteiger partial charge in [0.1, 0.15) is 0 Å². The molecule has 0 atom stereocenters. The maximum absolute atomic E-state index is 12.8.